The Hall–Kier alpha value is -2.96. The highest BCUT2D eigenvalue weighted by atomic mass is 35.5. The van der Waals surface area contributed by atoms with Crippen molar-refractivity contribution >= 4 is 39.1 Å². The van der Waals surface area contributed by atoms with Gasteiger partial charge in [0.05, 0.1) is 5.39 Å². The van der Waals surface area contributed by atoms with Gasteiger partial charge in [0.2, 0.25) is 0 Å². The Kier molecular flexibility index (Phi) is 4.98. The molecular weight excluding hydrogens is 396 g/mol. The van der Waals surface area contributed by atoms with Gasteiger partial charge in [0.1, 0.15) is 22.1 Å². The largest absolute Gasteiger partial charge is 0.457 e. The molecule has 4 rings (SSSR count). The van der Waals surface area contributed by atoms with E-state index in [-0.39, 0.29) is 12.2 Å². The molecule has 7 heteroatoms. The van der Waals surface area contributed by atoms with Gasteiger partial charge in [-0.2, -0.15) is 0 Å². The van der Waals surface area contributed by atoms with Crippen molar-refractivity contribution in [3.05, 3.63) is 86.0 Å². The van der Waals surface area contributed by atoms with Gasteiger partial charge in [0, 0.05) is 10.6 Å². The Morgan fingerprint density at radius 2 is 1.86 bits per heavy atom. The molecule has 140 valence electrons. The van der Waals surface area contributed by atoms with Crippen LogP contribution in [0.25, 0.3) is 21.6 Å². The van der Waals surface area contributed by atoms with Crippen LogP contribution in [-0.4, -0.2) is 15.9 Å². The number of thiophene rings is 1. The Labute approximate surface area is 169 Å². The fourth-order valence-electron chi connectivity index (χ4n) is 2.87. The van der Waals surface area contributed by atoms with Gasteiger partial charge >= 0.3 is 5.97 Å². The third-order valence-electron chi connectivity index (χ3n) is 4.32. The summed E-state index contributed by atoms with van der Waals surface area (Å²) in [6.45, 7) is 1.91. The number of halogens is 1. The Balaban J connectivity index is 1.67. The second kappa shape index (κ2) is 7.58. The van der Waals surface area contributed by atoms with Crippen molar-refractivity contribution in [1.29, 1.82) is 0 Å². The van der Waals surface area contributed by atoms with Gasteiger partial charge < -0.3 is 9.72 Å². The molecule has 2 aromatic heterocycles. The lowest BCUT2D eigenvalue weighted by Gasteiger charge is -2.03. The van der Waals surface area contributed by atoms with Gasteiger partial charge in [0.25, 0.3) is 5.56 Å². The van der Waals surface area contributed by atoms with E-state index in [2.05, 4.69) is 9.97 Å². The average molecular weight is 411 g/mol. The molecule has 0 unspecified atom stereocenters. The topological polar surface area (TPSA) is 72.0 Å². The third-order valence-corrected chi connectivity index (χ3v) is 5.73. The predicted molar refractivity (Wildman–Crippen MR) is 111 cm³/mol. The number of hydrogen-bond acceptors (Lipinski definition) is 5. The van der Waals surface area contributed by atoms with Gasteiger partial charge in [-0.1, -0.05) is 41.9 Å². The zero-order valence-corrected chi connectivity index (χ0v) is 16.4. The molecule has 0 fully saturated rings. The van der Waals surface area contributed by atoms with Gasteiger partial charge in [-0.25, -0.2) is 9.78 Å². The normalized spacial score (nSPS) is 10.9. The van der Waals surface area contributed by atoms with Crippen LogP contribution < -0.4 is 5.56 Å². The first-order valence-electron chi connectivity index (χ1n) is 8.53. The number of aromatic amines is 1. The maximum absolute atomic E-state index is 12.6. The lowest BCUT2D eigenvalue weighted by atomic mass is 10.2. The Morgan fingerprint density at radius 3 is 2.57 bits per heavy atom. The molecule has 0 bridgehead atoms. The maximum Gasteiger partial charge on any atom is 0.349 e. The summed E-state index contributed by atoms with van der Waals surface area (Å²) in [4.78, 5) is 33.4. The molecule has 28 heavy (non-hydrogen) atoms. The standard InChI is InChI=1S/C21H15ClN2O3S/c1-12-16-19(25)23-18(14-7-9-15(22)10-8-14)24-20(16)28-17(12)21(26)27-11-13-5-3-2-4-6-13/h2-10H,11H2,1H3,(H,23,24,25). The van der Waals surface area contributed by atoms with Crippen LogP contribution in [0.3, 0.4) is 0 Å². The van der Waals surface area contributed by atoms with E-state index < -0.39 is 5.97 Å². The molecule has 0 amide bonds. The first kappa shape index (κ1) is 18.4. The Morgan fingerprint density at radius 1 is 1.14 bits per heavy atom. The maximum atomic E-state index is 12.6. The van der Waals surface area contributed by atoms with E-state index in [0.717, 1.165) is 22.5 Å². The number of hydrogen-bond donors (Lipinski definition) is 1. The SMILES string of the molecule is Cc1c(C(=O)OCc2ccccc2)sc2nc(-c3ccc(Cl)cc3)[nH]c(=O)c12. The van der Waals surface area contributed by atoms with E-state index in [9.17, 15) is 9.59 Å². The quantitative estimate of drug-likeness (QED) is 0.482. The number of fused-ring (bicyclic) bond motifs is 1. The summed E-state index contributed by atoms with van der Waals surface area (Å²) >= 11 is 7.08. The molecule has 0 aliphatic rings. The minimum absolute atomic E-state index is 0.174. The minimum Gasteiger partial charge on any atom is -0.457 e. The van der Waals surface area contributed by atoms with E-state index in [4.69, 9.17) is 16.3 Å². The predicted octanol–water partition coefficient (Wildman–Crippen LogP) is 4.97. The van der Waals surface area contributed by atoms with Crippen molar-refractivity contribution in [2.24, 2.45) is 0 Å². The van der Waals surface area contributed by atoms with E-state index in [0.29, 0.717) is 31.5 Å². The van der Waals surface area contributed by atoms with Crippen molar-refractivity contribution in [3.8, 4) is 11.4 Å². The molecular formula is C21H15ClN2O3S. The molecule has 2 heterocycles. The number of carbonyl (C=O) groups is 1. The van der Waals surface area contributed by atoms with E-state index >= 15 is 0 Å². The van der Waals surface area contributed by atoms with Crippen LogP contribution in [-0.2, 0) is 11.3 Å². The van der Waals surface area contributed by atoms with Gasteiger partial charge in [-0.3, -0.25) is 4.79 Å². The lowest BCUT2D eigenvalue weighted by molar-refractivity contribution is 0.0478. The highest BCUT2D eigenvalue weighted by Crippen LogP contribution is 2.29. The second-order valence-electron chi connectivity index (χ2n) is 6.22. The zero-order chi connectivity index (χ0) is 19.7. The number of benzene rings is 2. The molecule has 5 nitrogen and oxygen atoms in total. The lowest BCUT2D eigenvalue weighted by Crippen LogP contribution is -2.10. The number of H-pyrrole nitrogens is 1. The van der Waals surface area contributed by atoms with Gasteiger partial charge in [-0.05, 0) is 42.3 Å². The molecule has 0 spiro atoms. The number of rotatable bonds is 4. The summed E-state index contributed by atoms with van der Waals surface area (Å²) in [5, 5.41) is 1.01. The van der Waals surface area contributed by atoms with Crippen LogP contribution in [0.2, 0.25) is 5.02 Å². The van der Waals surface area contributed by atoms with Crippen molar-refractivity contribution in [3.63, 3.8) is 0 Å². The van der Waals surface area contributed by atoms with Crippen molar-refractivity contribution < 1.29 is 9.53 Å². The highest BCUT2D eigenvalue weighted by molar-refractivity contribution is 7.20. The molecule has 0 aliphatic heterocycles. The number of aromatic nitrogens is 2. The fraction of sp³-hybridized carbons (Fsp3) is 0.0952. The summed E-state index contributed by atoms with van der Waals surface area (Å²) in [5.41, 5.74) is 1.93. The van der Waals surface area contributed by atoms with Crippen molar-refractivity contribution in [2.45, 2.75) is 13.5 Å². The number of nitrogens with one attached hydrogen (secondary N) is 1. The number of aryl methyl sites for hydroxylation is 1. The summed E-state index contributed by atoms with van der Waals surface area (Å²) in [6, 6.07) is 16.5. The molecule has 1 N–H and O–H groups in total. The molecule has 0 atom stereocenters. The van der Waals surface area contributed by atoms with E-state index in [1.165, 1.54) is 0 Å². The average Bonchev–Trinajstić information content (AvgIpc) is 3.04. The molecule has 0 saturated carbocycles. The monoisotopic (exact) mass is 410 g/mol. The minimum atomic E-state index is -0.461. The van der Waals surface area contributed by atoms with Crippen LogP contribution in [0.5, 0.6) is 0 Å². The highest BCUT2D eigenvalue weighted by Gasteiger charge is 2.20. The van der Waals surface area contributed by atoms with Crippen LogP contribution in [0.1, 0.15) is 20.8 Å². The smallest absolute Gasteiger partial charge is 0.349 e. The van der Waals surface area contributed by atoms with Gasteiger partial charge in [-0.15, -0.1) is 11.3 Å². The van der Waals surface area contributed by atoms with Crippen molar-refractivity contribution in [2.75, 3.05) is 0 Å². The number of esters is 1. The van der Waals surface area contributed by atoms with Crippen LogP contribution in [0.4, 0.5) is 0 Å². The Bertz CT molecular complexity index is 1210. The summed E-state index contributed by atoms with van der Waals surface area (Å²) in [6.07, 6.45) is 0. The molecule has 0 radical (unpaired) electrons. The first-order valence-corrected chi connectivity index (χ1v) is 9.73. The molecule has 0 aliphatic carbocycles. The first-order chi connectivity index (χ1) is 13.5. The van der Waals surface area contributed by atoms with E-state index in [1.807, 2.05) is 30.3 Å². The van der Waals surface area contributed by atoms with Crippen molar-refractivity contribution in [1.82, 2.24) is 9.97 Å². The zero-order valence-electron chi connectivity index (χ0n) is 14.9. The molecule has 0 saturated heterocycles. The fourth-order valence-corrected chi connectivity index (χ4v) is 4.07. The van der Waals surface area contributed by atoms with Gasteiger partial charge in [0.15, 0.2) is 0 Å². The number of ether oxygens (including phenoxy) is 1. The summed E-state index contributed by atoms with van der Waals surface area (Å²) < 4.78 is 5.41. The van der Waals surface area contributed by atoms with Crippen LogP contribution >= 0.6 is 22.9 Å². The molecule has 2 aromatic carbocycles. The second-order valence-corrected chi connectivity index (χ2v) is 7.66. The molecule has 4 aromatic rings. The number of carbonyl (C=O) groups excluding carboxylic acids is 1. The summed E-state index contributed by atoms with van der Waals surface area (Å²) in [5.74, 6) is -0.0311. The van der Waals surface area contributed by atoms with Crippen LogP contribution in [0.15, 0.2) is 59.4 Å². The van der Waals surface area contributed by atoms with Crippen LogP contribution in [0, 0.1) is 6.92 Å². The third kappa shape index (κ3) is 3.56. The number of nitrogens with zero attached hydrogens (tertiary/aromatic N) is 1. The van der Waals surface area contributed by atoms with E-state index in [1.54, 1.807) is 31.2 Å². The summed E-state index contributed by atoms with van der Waals surface area (Å²) in [7, 11) is 0.